The summed E-state index contributed by atoms with van der Waals surface area (Å²) in [4.78, 5) is 10.8. The molecule has 0 aliphatic heterocycles. The van der Waals surface area contributed by atoms with E-state index < -0.39 is 12.0 Å². The number of benzene rings is 1. The molecular weight excluding hydrogens is 278 g/mol. The molecule has 6 heteroatoms. The highest BCUT2D eigenvalue weighted by atomic mass is 35.5. The number of hydrogen-bond donors (Lipinski definition) is 2. The van der Waals surface area contributed by atoms with Crippen LogP contribution in [0.15, 0.2) is 24.3 Å². The van der Waals surface area contributed by atoms with Gasteiger partial charge in [0.25, 0.3) is 0 Å². The van der Waals surface area contributed by atoms with Gasteiger partial charge in [-0.05, 0) is 26.0 Å². The minimum absolute atomic E-state index is 0.159. The van der Waals surface area contributed by atoms with Gasteiger partial charge in [-0.2, -0.15) is 5.10 Å². The Bertz CT molecular complexity index is 635. The normalized spacial score (nSPS) is 12.4. The van der Waals surface area contributed by atoms with E-state index in [9.17, 15) is 4.79 Å². The van der Waals surface area contributed by atoms with Crippen molar-refractivity contribution in [3.8, 4) is 5.69 Å². The summed E-state index contributed by atoms with van der Waals surface area (Å²) < 4.78 is 1.60. The van der Waals surface area contributed by atoms with Gasteiger partial charge < -0.3 is 10.8 Å². The van der Waals surface area contributed by atoms with Gasteiger partial charge in [-0.25, -0.2) is 4.68 Å². The number of rotatable bonds is 4. The number of nitrogens with zero attached hydrogens (tertiary/aromatic N) is 2. The second kappa shape index (κ2) is 5.64. The summed E-state index contributed by atoms with van der Waals surface area (Å²) in [5.74, 6) is -1.05. The van der Waals surface area contributed by atoms with Crippen LogP contribution in [-0.2, 0) is 11.2 Å². The first-order valence-electron chi connectivity index (χ1n) is 6.19. The maximum atomic E-state index is 10.8. The molecule has 0 bridgehead atoms. The molecule has 1 aromatic heterocycles. The highest BCUT2D eigenvalue weighted by molar-refractivity contribution is 6.30. The minimum Gasteiger partial charge on any atom is -0.480 e. The maximum Gasteiger partial charge on any atom is 0.320 e. The number of aromatic nitrogens is 2. The largest absolute Gasteiger partial charge is 0.480 e. The number of aliphatic carboxylic acids is 1. The first-order chi connectivity index (χ1) is 9.40. The molecule has 1 aromatic carbocycles. The Hall–Kier alpha value is -1.85. The lowest BCUT2D eigenvalue weighted by Crippen LogP contribution is -2.32. The van der Waals surface area contributed by atoms with Crippen molar-refractivity contribution in [2.75, 3.05) is 0 Å². The van der Waals surface area contributed by atoms with Crippen molar-refractivity contribution in [2.24, 2.45) is 5.73 Å². The van der Waals surface area contributed by atoms with Gasteiger partial charge in [0, 0.05) is 12.0 Å². The number of halogens is 1. The monoisotopic (exact) mass is 293 g/mol. The smallest absolute Gasteiger partial charge is 0.320 e. The van der Waals surface area contributed by atoms with E-state index in [1.54, 1.807) is 11.6 Å². The van der Waals surface area contributed by atoms with Crippen LogP contribution in [0.3, 0.4) is 0 Å². The fraction of sp³-hybridized carbons (Fsp3) is 0.286. The SMILES string of the molecule is Cc1ccc(-n2nc(C)c(CC(N)C(=O)O)c2Cl)cc1. The third-order valence-electron chi connectivity index (χ3n) is 3.14. The van der Waals surface area contributed by atoms with Gasteiger partial charge in [-0.3, -0.25) is 4.79 Å². The van der Waals surface area contributed by atoms with Gasteiger partial charge in [-0.15, -0.1) is 0 Å². The first-order valence-corrected chi connectivity index (χ1v) is 6.57. The van der Waals surface area contributed by atoms with Crippen LogP contribution in [0.25, 0.3) is 5.69 Å². The number of carbonyl (C=O) groups is 1. The van der Waals surface area contributed by atoms with E-state index in [1.807, 2.05) is 31.2 Å². The summed E-state index contributed by atoms with van der Waals surface area (Å²) in [6.45, 7) is 3.79. The zero-order valence-corrected chi connectivity index (χ0v) is 12.1. The molecule has 0 amide bonds. The van der Waals surface area contributed by atoms with Crippen molar-refractivity contribution in [2.45, 2.75) is 26.3 Å². The van der Waals surface area contributed by atoms with Crippen LogP contribution in [0.2, 0.25) is 5.15 Å². The summed E-state index contributed by atoms with van der Waals surface area (Å²) in [6.07, 6.45) is 0.159. The molecule has 20 heavy (non-hydrogen) atoms. The molecule has 0 aliphatic carbocycles. The third kappa shape index (κ3) is 2.84. The van der Waals surface area contributed by atoms with E-state index in [0.717, 1.165) is 11.3 Å². The van der Waals surface area contributed by atoms with Gasteiger partial charge in [0.15, 0.2) is 0 Å². The van der Waals surface area contributed by atoms with E-state index in [-0.39, 0.29) is 6.42 Å². The maximum absolute atomic E-state index is 10.8. The second-order valence-electron chi connectivity index (χ2n) is 4.75. The predicted octanol–water partition coefficient (Wildman–Crippen LogP) is 2.10. The van der Waals surface area contributed by atoms with Crippen LogP contribution in [-0.4, -0.2) is 26.9 Å². The first kappa shape index (κ1) is 14.6. The minimum atomic E-state index is -1.05. The molecule has 0 aliphatic rings. The molecule has 106 valence electrons. The van der Waals surface area contributed by atoms with E-state index in [4.69, 9.17) is 22.4 Å². The van der Waals surface area contributed by atoms with Crippen LogP contribution in [0.5, 0.6) is 0 Å². The highest BCUT2D eigenvalue weighted by Crippen LogP contribution is 2.24. The molecule has 0 saturated carbocycles. The molecule has 3 N–H and O–H groups in total. The number of carboxylic acids is 1. The Labute approximate surface area is 122 Å². The molecular formula is C14H16ClN3O2. The summed E-state index contributed by atoms with van der Waals surface area (Å²) in [7, 11) is 0. The van der Waals surface area contributed by atoms with Crippen molar-refractivity contribution in [3.05, 3.63) is 46.2 Å². The van der Waals surface area contributed by atoms with Crippen molar-refractivity contribution in [1.29, 1.82) is 0 Å². The van der Waals surface area contributed by atoms with E-state index >= 15 is 0 Å². The topological polar surface area (TPSA) is 81.1 Å². The van der Waals surface area contributed by atoms with Gasteiger partial charge in [0.1, 0.15) is 11.2 Å². The molecule has 0 fully saturated rings. The summed E-state index contributed by atoms with van der Waals surface area (Å²) in [5.41, 5.74) is 8.89. The standard InChI is InChI=1S/C14H16ClN3O2/c1-8-3-5-10(6-4-8)18-13(15)11(9(2)17-18)7-12(16)14(19)20/h3-6,12H,7,16H2,1-2H3,(H,19,20). The number of carboxylic acid groups (broad SMARTS) is 1. The lowest BCUT2D eigenvalue weighted by Gasteiger charge is -2.06. The van der Waals surface area contributed by atoms with E-state index in [2.05, 4.69) is 5.10 Å². The second-order valence-corrected chi connectivity index (χ2v) is 5.11. The lowest BCUT2D eigenvalue weighted by molar-refractivity contribution is -0.138. The van der Waals surface area contributed by atoms with E-state index in [0.29, 0.717) is 16.4 Å². The van der Waals surface area contributed by atoms with Crippen LogP contribution >= 0.6 is 11.6 Å². The molecule has 0 radical (unpaired) electrons. The molecule has 1 unspecified atom stereocenters. The molecule has 5 nitrogen and oxygen atoms in total. The Balaban J connectivity index is 2.38. The zero-order chi connectivity index (χ0) is 14.9. The Morgan fingerprint density at radius 1 is 1.40 bits per heavy atom. The molecule has 2 aromatic rings. The Morgan fingerprint density at radius 3 is 2.55 bits per heavy atom. The third-order valence-corrected chi connectivity index (χ3v) is 3.53. The summed E-state index contributed by atoms with van der Waals surface area (Å²) in [6, 6.07) is 6.77. The summed E-state index contributed by atoms with van der Waals surface area (Å²) >= 11 is 6.30. The van der Waals surface area contributed by atoms with Gasteiger partial charge in [0.2, 0.25) is 0 Å². The van der Waals surface area contributed by atoms with Crippen LogP contribution < -0.4 is 5.73 Å². The lowest BCUT2D eigenvalue weighted by atomic mass is 10.1. The Kier molecular flexibility index (Phi) is 4.11. The number of hydrogen-bond acceptors (Lipinski definition) is 3. The fourth-order valence-corrected chi connectivity index (χ4v) is 2.28. The van der Waals surface area contributed by atoms with Gasteiger partial charge in [-0.1, -0.05) is 29.3 Å². The molecule has 1 heterocycles. The average molecular weight is 294 g/mol. The average Bonchev–Trinajstić information content (AvgIpc) is 2.67. The van der Waals surface area contributed by atoms with Gasteiger partial charge in [0.05, 0.1) is 11.4 Å². The quantitative estimate of drug-likeness (QED) is 0.904. The van der Waals surface area contributed by atoms with Crippen LogP contribution in [0, 0.1) is 13.8 Å². The summed E-state index contributed by atoms with van der Waals surface area (Å²) in [5, 5.41) is 13.6. The van der Waals surface area contributed by atoms with Crippen molar-refractivity contribution >= 4 is 17.6 Å². The zero-order valence-electron chi connectivity index (χ0n) is 11.3. The van der Waals surface area contributed by atoms with Crippen molar-refractivity contribution < 1.29 is 9.90 Å². The highest BCUT2D eigenvalue weighted by Gasteiger charge is 2.20. The number of nitrogens with two attached hydrogens (primary N) is 1. The molecule has 0 saturated heterocycles. The molecule has 2 rings (SSSR count). The van der Waals surface area contributed by atoms with Crippen molar-refractivity contribution in [3.63, 3.8) is 0 Å². The predicted molar refractivity (Wildman–Crippen MR) is 77.4 cm³/mol. The molecule has 0 spiro atoms. The van der Waals surface area contributed by atoms with Crippen LogP contribution in [0.1, 0.15) is 16.8 Å². The fourth-order valence-electron chi connectivity index (χ4n) is 1.93. The van der Waals surface area contributed by atoms with Crippen molar-refractivity contribution in [1.82, 2.24) is 9.78 Å². The van der Waals surface area contributed by atoms with Crippen LogP contribution in [0.4, 0.5) is 0 Å². The van der Waals surface area contributed by atoms with E-state index in [1.165, 1.54) is 0 Å². The Morgan fingerprint density at radius 2 is 2.00 bits per heavy atom. The number of aryl methyl sites for hydroxylation is 2. The van der Waals surface area contributed by atoms with Gasteiger partial charge >= 0.3 is 5.97 Å². The molecule has 1 atom stereocenters.